The van der Waals surface area contributed by atoms with Crippen LogP contribution in [0, 0.1) is 6.92 Å². The van der Waals surface area contributed by atoms with Crippen molar-refractivity contribution in [2.75, 3.05) is 0 Å². The molecule has 0 N–H and O–H groups in total. The molecule has 2 nitrogen and oxygen atoms in total. The molecule has 0 atom stereocenters. The summed E-state index contributed by atoms with van der Waals surface area (Å²) in [6.07, 6.45) is 2.53. The summed E-state index contributed by atoms with van der Waals surface area (Å²) in [5, 5.41) is 0. The van der Waals surface area contributed by atoms with E-state index in [9.17, 15) is 4.79 Å². The van der Waals surface area contributed by atoms with Crippen molar-refractivity contribution in [1.82, 2.24) is 4.98 Å². The fourth-order valence-electron chi connectivity index (χ4n) is 1.59. The van der Waals surface area contributed by atoms with Crippen LogP contribution in [0.25, 0.3) is 11.3 Å². The third-order valence-corrected chi connectivity index (χ3v) is 2.91. The van der Waals surface area contributed by atoms with E-state index in [0.29, 0.717) is 5.56 Å². The Morgan fingerprint density at radius 3 is 2.88 bits per heavy atom. The average molecular weight is 276 g/mol. The Bertz CT molecular complexity index is 537. The van der Waals surface area contributed by atoms with E-state index in [-0.39, 0.29) is 0 Å². The molecule has 0 aliphatic heterocycles. The highest BCUT2D eigenvalue weighted by Gasteiger charge is 2.08. The maximum absolute atomic E-state index is 10.9. The molecule has 0 aliphatic carbocycles. The molecule has 0 amide bonds. The Kier molecular flexibility index (Phi) is 3.15. The molecule has 2 rings (SSSR count). The van der Waals surface area contributed by atoms with Crippen molar-refractivity contribution in [3.05, 3.63) is 52.1 Å². The van der Waals surface area contributed by atoms with E-state index in [0.717, 1.165) is 27.6 Å². The summed E-state index contributed by atoms with van der Waals surface area (Å²) in [5.74, 6) is 0. The summed E-state index contributed by atoms with van der Waals surface area (Å²) < 4.78 is 0.982. The quantitative estimate of drug-likeness (QED) is 0.784. The van der Waals surface area contributed by atoms with E-state index in [1.807, 2.05) is 25.1 Å². The normalized spacial score (nSPS) is 10.1. The standard InChI is InChI=1S/C13H10BrNO/c1-9-4-5-11(14)7-12(9)13-10(8-16)3-2-6-15-13/h2-8H,1H3. The van der Waals surface area contributed by atoms with Crippen LogP contribution in [0.5, 0.6) is 0 Å². The van der Waals surface area contributed by atoms with Crippen LogP contribution in [0.1, 0.15) is 15.9 Å². The molecule has 0 spiro atoms. The second-order valence-electron chi connectivity index (χ2n) is 3.52. The molecule has 0 saturated heterocycles. The van der Waals surface area contributed by atoms with Crippen molar-refractivity contribution in [1.29, 1.82) is 0 Å². The molecular weight excluding hydrogens is 266 g/mol. The lowest BCUT2D eigenvalue weighted by molar-refractivity contribution is 0.112. The monoisotopic (exact) mass is 275 g/mol. The summed E-state index contributed by atoms with van der Waals surface area (Å²) in [5.41, 5.74) is 3.43. The van der Waals surface area contributed by atoms with Crippen LogP contribution in [0.3, 0.4) is 0 Å². The topological polar surface area (TPSA) is 30.0 Å². The van der Waals surface area contributed by atoms with Gasteiger partial charge in [-0.2, -0.15) is 0 Å². The molecule has 0 aliphatic rings. The van der Waals surface area contributed by atoms with Crippen LogP contribution in [0.2, 0.25) is 0 Å². The fraction of sp³-hybridized carbons (Fsp3) is 0.0769. The Labute approximate surface area is 102 Å². The van der Waals surface area contributed by atoms with E-state index < -0.39 is 0 Å². The zero-order valence-electron chi connectivity index (χ0n) is 8.77. The molecule has 3 heteroatoms. The molecule has 2 aromatic rings. The van der Waals surface area contributed by atoms with Gasteiger partial charge in [-0.3, -0.25) is 9.78 Å². The molecule has 80 valence electrons. The van der Waals surface area contributed by atoms with Crippen LogP contribution in [0.15, 0.2) is 41.0 Å². The summed E-state index contributed by atoms with van der Waals surface area (Å²) >= 11 is 3.42. The number of benzene rings is 1. The van der Waals surface area contributed by atoms with Crippen molar-refractivity contribution >= 4 is 22.2 Å². The van der Waals surface area contributed by atoms with Gasteiger partial charge in [-0.05, 0) is 36.8 Å². The number of rotatable bonds is 2. The number of hydrogen-bond donors (Lipinski definition) is 0. The highest BCUT2D eigenvalue weighted by atomic mass is 79.9. The first-order valence-corrected chi connectivity index (χ1v) is 5.68. The number of hydrogen-bond acceptors (Lipinski definition) is 2. The number of nitrogens with zero attached hydrogens (tertiary/aromatic N) is 1. The molecule has 0 bridgehead atoms. The van der Waals surface area contributed by atoms with Crippen molar-refractivity contribution in [3.8, 4) is 11.3 Å². The minimum atomic E-state index is 0.615. The van der Waals surface area contributed by atoms with Crippen LogP contribution >= 0.6 is 15.9 Å². The average Bonchev–Trinajstić information content (AvgIpc) is 2.32. The van der Waals surface area contributed by atoms with Gasteiger partial charge < -0.3 is 0 Å². The van der Waals surface area contributed by atoms with Crippen molar-refractivity contribution < 1.29 is 4.79 Å². The second kappa shape index (κ2) is 4.58. The van der Waals surface area contributed by atoms with E-state index in [1.165, 1.54) is 0 Å². The molecule has 0 fully saturated rings. The molecule has 0 unspecified atom stereocenters. The van der Waals surface area contributed by atoms with Gasteiger partial charge in [0, 0.05) is 21.8 Å². The smallest absolute Gasteiger partial charge is 0.152 e. The van der Waals surface area contributed by atoms with Gasteiger partial charge in [0.1, 0.15) is 0 Å². The maximum Gasteiger partial charge on any atom is 0.152 e. The lowest BCUT2D eigenvalue weighted by Gasteiger charge is -2.07. The van der Waals surface area contributed by atoms with E-state index >= 15 is 0 Å². The molecule has 1 aromatic carbocycles. The molecule has 0 saturated carbocycles. The highest BCUT2D eigenvalue weighted by molar-refractivity contribution is 9.10. The minimum absolute atomic E-state index is 0.615. The number of halogens is 1. The molecule has 0 radical (unpaired) electrons. The van der Waals surface area contributed by atoms with Crippen LogP contribution < -0.4 is 0 Å². The summed E-state index contributed by atoms with van der Waals surface area (Å²) in [6, 6.07) is 9.49. The van der Waals surface area contributed by atoms with Gasteiger partial charge >= 0.3 is 0 Å². The first-order valence-electron chi connectivity index (χ1n) is 4.89. The van der Waals surface area contributed by atoms with Crippen molar-refractivity contribution in [2.45, 2.75) is 6.92 Å². The van der Waals surface area contributed by atoms with Gasteiger partial charge in [-0.25, -0.2) is 0 Å². The largest absolute Gasteiger partial charge is 0.298 e. The SMILES string of the molecule is Cc1ccc(Br)cc1-c1ncccc1C=O. The zero-order valence-corrected chi connectivity index (χ0v) is 10.4. The number of carbonyl (C=O) groups is 1. The minimum Gasteiger partial charge on any atom is -0.298 e. The van der Waals surface area contributed by atoms with Crippen LogP contribution in [-0.4, -0.2) is 11.3 Å². The Morgan fingerprint density at radius 2 is 2.12 bits per heavy atom. The molecular formula is C13H10BrNO. The summed E-state index contributed by atoms with van der Waals surface area (Å²) in [4.78, 5) is 15.2. The Morgan fingerprint density at radius 1 is 1.31 bits per heavy atom. The molecule has 1 heterocycles. The van der Waals surface area contributed by atoms with Gasteiger partial charge in [0.05, 0.1) is 5.69 Å². The van der Waals surface area contributed by atoms with E-state index in [2.05, 4.69) is 20.9 Å². The third-order valence-electron chi connectivity index (χ3n) is 2.42. The first-order chi connectivity index (χ1) is 7.72. The van der Waals surface area contributed by atoms with E-state index in [4.69, 9.17) is 0 Å². The van der Waals surface area contributed by atoms with Gasteiger partial charge in [0.2, 0.25) is 0 Å². The fourth-order valence-corrected chi connectivity index (χ4v) is 1.95. The van der Waals surface area contributed by atoms with Gasteiger partial charge in [0.15, 0.2) is 6.29 Å². The van der Waals surface area contributed by atoms with Gasteiger partial charge in [-0.15, -0.1) is 0 Å². The number of aldehydes is 1. The van der Waals surface area contributed by atoms with E-state index in [1.54, 1.807) is 18.3 Å². The van der Waals surface area contributed by atoms with Crippen molar-refractivity contribution in [3.63, 3.8) is 0 Å². The lowest BCUT2D eigenvalue weighted by Crippen LogP contribution is -1.93. The summed E-state index contributed by atoms with van der Waals surface area (Å²) in [6.45, 7) is 2.00. The zero-order chi connectivity index (χ0) is 11.5. The number of carbonyl (C=O) groups excluding carboxylic acids is 1. The summed E-state index contributed by atoms with van der Waals surface area (Å²) in [7, 11) is 0. The van der Waals surface area contributed by atoms with Crippen LogP contribution in [-0.2, 0) is 0 Å². The predicted octanol–water partition coefficient (Wildman–Crippen LogP) is 3.63. The first kappa shape index (κ1) is 11.0. The van der Waals surface area contributed by atoms with Crippen molar-refractivity contribution in [2.24, 2.45) is 0 Å². The molecule has 16 heavy (non-hydrogen) atoms. The Hall–Kier alpha value is -1.48. The lowest BCUT2D eigenvalue weighted by atomic mass is 10.0. The Balaban J connectivity index is 2.66. The number of aromatic nitrogens is 1. The van der Waals surface area contributed by atoms with Gasteiger partial charge in [-0.1, -0.05) is 22.0 Å². The highest BCUT2D eigenvalue weighted by Crippen LogP contribution is 2.26. The second-order valence-corrected chi connectivity index (χ2v) is 4.43. The number of aryl methyl sites for hydroxylation is 1. The maximum atomic E-state index is 10.9. The number of pyridine rings is 1. The predicted molar refractivity (Wildman–Crippen MR) is 67.5 cm³/mol. The third kappa shape index (κ3) is 2.04. The van der Waals surface area contributed by atoms with Crippen LogP contribution in [0.4, 0.5) is 0 Å². The van der Waals surface area contributed by atoms with Gasteiger partial charge in [0.25, 0.3) is 0 Å². The molecule has 1 aromatic heterocycles.